The maximum atomic E-state index is 13.1. The second-order valence-electron chi connectivity index (χ2n) is 8.36. The van der Waals surface area contributed by atoms with Gasteiger partial charge in [-0.15, -0.1) is 0 Å². The van der Waals surface area contributed by atoms with Crippen LogP contribution in [0.25, 0.3) is 11.3 Å². The molecule has 4 rings (SSSR count). The fourth-order valence-electron chi connectivity index (χ4n) is 3.61. The second-order valence-corrected chi connectivity index (χ2v) is 10.4. The molecule has 9 nitrogen and oxygen atoms in total. The number of hydrazine groups is 1. The Kier molecular flexibility index (Phi) is 7.71. The van der Waals surface area contributed by atoms with E-state index in [1.807, 2.05) is 30.3 Å². The van der Waals surface area contributed by atoms with Gasteiger partial charge in [-0.3, -0.25) is 4.79 Å². The number of sulfone groups is 1. The van der Waals surface area contributed by atoms with E-state index in [1.165, 1.54) is 17.7 Å². The number of ether oxygens (including phenoxy) is 1. The van der Waals surface area contributed by atoms with Gasteiger partial charge in [-0.1, -0.05) is 30.3 Å². The summed E-state index contributed by atoms with van der Waals surface area (Å²) < 4.78 is 30.4. The van der Waals surface area contributed by atoms with Crippen LogP contribution in [-0.2, 0) is 16.3 Å². The number of nitrogens with one attached hydrogen (secondary N) is 2. The van der Waals surface area contributed by atoms with Crippen LogP contribution in [0.3, 0.4) is 0 Å². The zero-order chi connectivity index (χ0) is 26.4. The largest absolute Gasteiger partial charge is 0.493 e. The molecule has 0 fully saturated rings. The van der Waals surface area contributed by atoms with Crippen molar-refractivity contribution in [2.75, 3.05) is 29.3 Å². The molecule has 10 heteroatoms. The smallest absolute Gasteiger partial charge is 0.255 e. The molecule has 6 N–H and O–H groups in total. The highest BCUT2D eigenvalue weighted by Gasteiger charge is 2.17. The van der Waals surface area contributed by atoms with E-state index in [4.69, 9.17) is 16.3 Å². The van der Waals surface area contributed by atoms with Crippen molar-refractivity contribution in [1.29, 1.82) is 0 Å². The third kappa shape index (κ3) is 6.63. The lowest BCUT2D eigenvalue weighted by Gasteiger charge is -2.12. The lowest BCUT2D eigenvalue weighted by molar-refractivity contribution is 0.102. The predicted octanol–water partition coefficient (Wildman–Crippen LogP) is 3.89. The molecular formula is C27H27N5O4S. The molecule has 1 heterocycles. The lowest BCUT2D eigenvalue weighted by atomic mass is 10.1. The zero-order valence-corrected chi connectivity index (χ0v) is 21.0. The van der Waals surface area contributed by atoms with E-state index in [9.17, 15) is 13.2 Å². The number of carbonyl (C=O) groups is 1. The fourth-order valence-corrected chi connectivity index (χ4v) is 4.29. The maximum absolute atomic E-state index is 13.1. The number of aromatic nitrogens is 1. The SMILES string of the molecule is CS(=O)(=O)c1cc(C(=O)Nc2ccc(OCCc3ccccc3)cc2)cc(-c2ccc(N)c(NN)n2)c1. The van der Waals surface area contributed by atoms with Crippen LogP contribution in [0.2, 0.25) is 0 Å². The average Bonchev–Trinajstić information content (AvgIpc) is 2.90. The quantitative estimate of drug-likeness (QED) is 0.193. The number of amides is 1. The first kappa shape index (κ1) is 25.7. The third-order valence-electron chi connectivity index (χ3n) is 5.57. The Bertz CT molecular complexity index is 1510. The molecule has 0 saturated carbocycles. The molecule has 0 radical (unpaired) electrons. The van der Waals surface area contributed by atoms with Crippen molar-refractivity contribution in [1.82, 2.24) is 4.98 Å². The minimum absolute atomic E-state index is 0.0156. The molecule has 4 aromatic rings. The van der Waals surface area contributed by atoms with Gasteiger partial charge in [-0.2, -0.15) is 0 Å². The van der Waals surface area contributed by atoms with Gasteiger partial charge in [0.15, 0.2) is 15.7 Å². The number of hydrogen-bond acceptors (Lipinski definition) is 8. The van der Waals surface area contributed by atoms with Gasteiger partial charge in [0.2, 0.25) is 0 Å². The van der Waals surface area contributed by atoms with Crippen LogP contribution in [0.5, 0.6) is 5.75 Å². The van der Waals surface area contributed by atoms with Crippen molar-refractivity contribution in [3.05, 3.63) is 96.1 Å². The topological polar surface area (TPSA) is 149 Å². The fraction of sp³-hybridized carbons (Fsp3) is 0.111. The van der Waals surface area contributed by atoms with Crippen molar-refractivity contribution < 1.29 is 17.9 Å². The summed E-state index contributed by atoms with van der Waals surface area (Å²) in [5.41, 5.74) is 11.3. The van der Waals surface area contributed by atoms with Gasteiger partial charge in [0.25, 0.3) is 5.91 Å². The van der Waals surface area contributed by atoms with Crippen molar-refractivity contribution in [2.24, 2.45) is 5.84 Å². The second kappa shape index (κ2) is 11.1. The molecule has 190 valence electrons. The van der Waals surface area contributed by atoms with Crippen LogP contribution in [-0.4, -0.2) is 32.2 Å². The minimum Gasteiger partial charge on any atom is -0.493 e. The Labute approximate surface area is 215 Å². The molecular weight excluding hydrogens is 490 g/mol. The van der Waals surface area contributed by atoms with Gasteiger partial charge in [-0.25, -0.2) is 19.2 Å². The van der Waals surface area contributed by atoms with Gasteiger partial charge in [0.05, 0.1) is 22.9 Å². The highest BCUT2D eigenvalue weighted by Crippen LogP contribution is 2.27. The number of nitrogen functional groups attached to an aromatic ring is 2. The summed E-state index contributed by atoms with van der Waals surface area (Å²) in [4.78, 5) is 17.4. The number of anilines is 3. The minimum atomic E-state index is -3.61. The number of benzene rings is 3. The maximum Gasteiger partial charge on any atom is 0.255 e. The van der Waals surface area contributed by atoms with Crippen molar-refractivity contribution in [3.63, 3.8) is 0 Å². The summed E-state index contributed by atoms with van der Waals surface area (Å²) in [6.07, 6.45) is 1.86. The number of rotatable bonds is 9. The molecule has 3 aromatic carbocycles. The Morgan fingerprint density at radius 3 is 2.38 bits per heavy atom. The summed E-state index contributed by atoms with van der Waals surface area (Å²) in [5.74, 6) is 5.90. The van der Waals surface area contributed by atoms with E-state index in [-0.39, 0.29) is 16.3 Å². The first-order valence-corrected chi connectivity index (χ1v) is 13.3. The van der Waals surface area contributed by atoms with Gasteiger partial charge < -0.3 is 21.2 Å². The van der Waals surface area contributed by atoms with E-state index in [0.29, 0.717) is 35.0 Å². The van der Waals surface area contributed by atoms with E-state index in [0.717, 1.165) is 12.7 Å². The van der Waals surface area contributed by atoms with Gasteiger partial charge in [-0.05, 0) is 60.2 Å². The molecule has 0 aliphatic rings. The van der Waals surface area contributed by atoms with Crippen molar-refractivity contribution in [2.45, 2.75) is 11.3 Å². The summed E-state index contributed by atoms with van der Waals surface area (Å²) >= 11 is 0. The number of pyridine rings is 1. The molecule has 0 aliphatic heterocycles. The van der Waals surface area contributed by atoms with E-state index in [1.54, 1.807) is 42.5 Å². The Morgan fingerprint density at radius 2 is 1.70 bits per heavy atom. The zero-order valence-electron chi connectivity index (χ0n) is 20.1. The molecule has 37 heavy (non-hydrogen) atoms. The molecule has 0 atom stereocenters. The van der Waals surface area contributed by atoms with E-state index < -0.39 is 15.7 Å². The Hall–Kier alpha value is -4.41. The number of carbonyl (C=O) groups excluding carboxylic acids is 1. The molecule has 0 saturated heterocycles. The number of nitrogens with zero attached hydrogens (tertiary/aromatic N) is 1. The lowest BCUT2D eigenvalue weighted by Crippen LogP contribution is -2.14. The molecule has 1 aromatic heterocycles. The van der Waals surface area contributed by atoms with Gasteiger partial charge >= 0.3 is 0 Å². The summed E-state index contributed by atoms with van der Waals surface area (Å²) in [5, 5.41) is 2.79. The summed E-state index contributed by atoms with van der Waals surface area (Å²) in [7, 11) is -3.61. The van der Waals surface area contributed by atoms with Gasteiger partial charge in [0.1, 0.15) is 5.75 Å². The van der Waals surface area contributed by atoms with Crippen LogP contribution < -0.4 is 27.1 Å². The Morgan fingerprint density at radius 1 is 0.973 bits per heavy atom. The highest BCUT2D eigenvalue weighted by molar-refractivity contribution is 7.90. The normalized spacial score (nSPS) is 11.1. The van der Waals surface area contributed by atoms with Crippen LogP contribution in [0.4, 0.5) is 17.2 Å². The van der Waals surface area contributed by atoms with Crippen molar-refractivity contribution in [3.8, 4) is 17.0 Å². The third-order valence-corrected chi connectivity index (χ3v) is 6.66. The number of nitrogens with two attached hydrogens (primary N) is 2. The van der Waals surface area contributed by atoms with Crippen LogP contribution in [0.1, 0.15) is 15.9 Å². The van der Waals surface area contributed by atoms with Crippen molar-refractivity contribution >= 4 is 32.9 Å². The van der Waals surface area contributed by atoms with E-state index >= 15 is 0 Å². The summed E-state index contributed by atoms with van der Waals surface area (Å²) in [6, 6.07) is 24.6. The first-order chi connectivity index (χ1) is 17.7. The Balaban J connectivity index is 1.51. The molecule has 0 bridgehead atoms. The number of hydrogen-bond donors (Lipinski definition) is 4. The molecule has 0 aliphatic carbocycles. The average molecular weight is 518 g/mol. The molecule has 0 unspecified atom stereocenters. The molecule has 1 amide bonds. The first-order valence-electron chi connectivity index (χ1n) is 11.4. The van der Waals surface area contributed by atoms with Crippen LogP contribution >= 0.6 is 0 Å². The van der Waals surface area contributed by atoms with Crippen LogP contribution in [0, 0.1) is 0 Å². The monoisotopic (exact) mass is 517 g/mol. The van der Waals surface area contributed by atoms with E-state index in [2.05, 4.69) is 15.7 Å². The predicted molar refractivity (Wildman–Crippen MR) is 145 cm³/mol. The standard InChI is InChI=1S/C27H27N5O4S/c1-37(34,35)23-16-19(25-12-11-24(28)26(31-25)32-29)15-20(17-23)27(33)30-21-7-9-22(10-8-21)36-14-13-18-5-3-2-4-6-18/h2-12,15-17H,13-14,28-29H2,1H3,(H,30,33)(H,31,32). The molecule has 0 spiro atoms. The van der Waals surface area contributed by atoms with Crippen LogP contribution in [0.15, 0.2) is 89.8 Å². The summed E-state index contributed by atoms with van der Waals surface area (Å²) in [6.45, 7) is 0.525. The highest BCUT2D eigenvalue weighted by atomic mass is 32.2. The van der Waals surface area contributed by atoms with Gasteiger partial charge in [0, 0.05) is 29.5 Å².